The number of furan rings is 1. The van der Waals surface area contributed by atoms with Gasteiger partial charge in [-0.05, 0) is 24.8 Å². The SMILES string of the molecule is CN(CC(O)C1CC1)C(=O)c1ccoc1. The zero-order valence-electron chi connectivity index (χ0n) is 8.72. The third-order valence-electron chi connectivity index (χ3n) is 2.74. The van der Waals surface area contributed by atoms with Crippen molar-refractivity contribution >= 4 is 5.91 Å². The Morgan fingerprint density at radius 3 is 3.00 bits per heavy atom. The molecule has 0 aromatic carbocycles. The summed E-state index contributed by atoms with van der Waals surface area (Å²) in [5.41, 5.74) is 0.528. The predicted octanol–water partition coefficient (Wildman–Crippen LogP) is 1.12. The quantitative estimate of drug-likeness (QED) is 0.808. The Morgan fingerprint density at radius 1 is 1.73 bits per heavy atom. The fourth-order valence-electron chi connectivity index (χ4n) is 1.60. The first-order chi connectivity index (χ1) is 7.18. The first-order valence-electron chi connectivity index (χ1n) is 5.14. The van der Waals surface area contributed by atoms with Gasteiger partial charge in [0.2, 0.25) is 0 Å². The molecule has 2 rings (SSSR count). The van der Waals surface area contributed by atoms with Crippen LogP contribution in [0.1, 0.15) is 23.2 Å². The number of aliphatic hydroxyl groups excluding tert-OH is 1. The highest BCUT2D eigenvalue weighted by molar-refractivity contribution is 5.93. The zero-order chi connectivity index (χ0) is 10.8. The molecule has 0 saturated heterocycles. The molecule has 15 heavy (non-hydrogen) atoms. The molecule has 1 fully saturated rings. The summed E-state index contributed by atoms with van der Waals surface area (Å²) in [5, 5.41) is 9.69. The number of likely N-dealkylation sites (N-methyl/N-ethyl adjacent to an activating group) is 1. The third kappa shape index (κ3) is 2.39. The van der Waals surface area contributed by atoms with Crippen LogP contribution in [0.5, 0.6) is 0 Å². The van der Waals surface area contributed by atoms with E-state index in [9.17, 15) is 9.90 Å². The molecule has 1 aromatic heterocycles. The first kappa shape index (κ1) is 10.2. The second kappa shape index (κ2) is 4.06. The Hall–Kier alpha value is -1.29. The highest BCUT2D eigenvalue weighted by Crippen LogP contribution is 2.32. The van der Waals surface area contributed by atoms with Gasteiger partial charge < -0.3 is 14.4 Å². The Labute approximate surface area is 88.5 Å². The topological polar surface area (TPSA) is 53.7 Å². The average Bonchev–Trinajstić information content (AvgIpc) is 2.93. The lowest BCUT2D eigenvalue weighted by Gasteiger charge is -2.19. The van der Waals surface area contributed by atoms with Crippen molar-refractivity contribution in [3.05, 3.63) is 24.2 Å². The Bertz CT molecular complexity index is 330. The molecule has 1 heterocycles. The second-order valence-corrected chi connectivity index (χ2v) is 4.10. The minimum atomic E-state index is -0.383. The van der Waals surface area contributed by atoms with Gasteiger partial charge in [0, 0.05) is 13.6 Å². The van der Waals surface area contributed by atoms with Gasteiger partial charge in [0.25, 0.3) is 5.91 Å². The smallest absolute Gasteiger partial charge is 0.256 e. The van der Waals surface area contributed by atoms with Crippen molar-refractivity contribution in [3.8, 4) is 0 Å². The molecule has 1 aliphatic rings. The van der Waals surface area contributed by atoms with Crippen LogP contribution in [-0.2, 0) is 0 Å². The van der Waals surface area contributed by atoms with E-state index in [1.807, 2.05) is 0 Å². The summed E-state index contributed by atoms with van der Waals surface area (Å²) in [6.45, 7) is 0.398. The maximum Gasteiger partial charge on any atom is 0.256 e. The predicted molar refractivity (Wildman–Crippen MR) is 54.4 cm³/mol. The van der Waals surface area contributed by atoms with Crippen molar-refractivity contribution in [1.82, 2.24) is 4.90 Å². The standard InChI is InChI=1S/C11H15NO3/c1-12(6-10(13)8-2-3-8)11(14)9-4-5-15-7-9/h4-5,7-8,10,13H,2-3,6H2,1H3. The number of carbonyl (C=O) groups excluding carboxylic acids is 1. The van der Waals surface area contributed by atoms with Gasteiger partial charge in [0.15, 0.2) is 0 Å². The molecule has 1 saturated carbocycles. The van der Waals surface area contributed by atoms with Crippen LogP contribution in [0.4, 0.5) is 0 Å². The van der Waals surface area contributed by atoms with Crippen LogP contribution < -0.4 is 0 Å². The average molecular weight is 209 g/mol. The molecule has 0 aliphatic heterocycles. The maximum absolute atomic E-state index is 11.7. The van der Waals surface area contributed by atoms with E-state index in [1.54, 1.807) is 13.1 Å². The molecular weight excluding hydrogens is 194 g/mol. The van der Waals surface area contributed by atoms with Crippen molar-refractivity contribution in [2.45, 2.75) is 18.9 Å². The lowest BCUT2D eigenvalue weighted by Crippen LogP contribution is -2.35. The fraction of sp³-hybridized carbons (Fsp3) is 0.545. The molecule has 1 amide bonds. The number of rotatable bonds is 4. The fourth-order valence-corrected chi connectivity index (χ4v) is 1.60. The monoisotopic (exact) mass is 209 g/mol. The van der Waals surface area contributed by atoms with Crippen LogP contribution in [0.15, 0.2) is 23.0 Å². The number of nitrogens with zero attached hydrogens (tertiary/aromatic N) is 1. The van der Waals surface area contributed by atoms with Gasteiger partial charge in [-0.1, -0.05) is 0 Å². The van der Waals surface area contributed by atoms with E-state index in [4.69, 9.17) is 4.42 Å². The van der Waals surface area contributed by atoms with Gasteiger partial charge in [-0.3, -0.25) is 4.79 Å². The summed E-state index contributed by atoms with van der Waals surface area (Å²) < 4.78 is 4.84. The summed E-state index contributed by atoms with van der Waals surface area (Å²) in [5.74, 6) is 0.285. The number of carbonyl (C=O) groups is 1. The minimum Gasteiger partial charge on any atom is -0.472 e. The number of amides is 1. The minimum absolute atomic E-state index is 0.108. The third-order valence-corrected chi connectivity index (χ3v) is 2.74. The van der Waals surface area contributed by atoms with Crippen LogP contribution in [-0.4, -0.2) is 35.6 Å². The van der Waals surface area contributed by atoms with E-state index in [-0.39, 0.29) is 12.0 Å². The lowest BCUT2D eigenvalue weighted by atomic mass is 10.2. The molecule has 1 aliphatic carbocycles. The van der Waals surface area contributed by atoms with Crippen molar-refractivity contribution in [2.75, 3.05) is 13.6 Å². The molecular formula is C11H15NO3. The van der Waals surface area contributed by atoms with Crippen LogP contribution in [0.2, 0.25) is 0 Å². The molecule has 4 nitrogen and oxygen atoms in total. The second-order valence-electron chi connectivity index (χ2n) is 4.10. The molecule has 1 unspecified atom stereocenters. The summed E-state index contributed by atoms with van der Waals surface area (Å²) >= 11 is 0. The van der Waals surface area contributed by atoms with Gasteiger partial charge in [0.05, 0.1) is 17.9 Å². The lowest BCUT2D eigenvalue weighted by molar-refractivity contribution is 0.0645. The van der Waals surface area contributed by atoms with E-state index in [2.05, 4.69) is 0 Å². The molecule has 1 atom stereocenters. The van der Waals surface area contributed by atoms with Gasteiger partial charge in [-0.2, -0.15) is 0 Å². The Morgan fingerprint density at radius 2 is 2.47 bits per heavy atom. The van der Waals surface area contributed by atoms with Crippen molar-refractivity contribution in [2.24, 2.45) is 5.92 Å². The number of hydrogen-bond acceptors (Lipinski definition) is 3. The van der Waals surface area contributed by atoms with Gasteiger partial charge in [-0.15, -0.1) is 0 Å². The van der Waals surface area contributed by atoms with Crippen LogP contribution in [0.3, 0.4) is 0 Å². The van der Waals surface area contributed by atoms with Crippen LogP contribution in [0.25, 0.3) is 0 Å². The van der Waals surface area contributed by atoms with Crippen LogP contribution in [0, 0.1) is 5.92 Å². The summed E-state index contributed by atoms with van der Waals surface area (Å²) in [6.07, 6.45) is 4.66. The Kier molecular flexibility index (Phi) is 2.77. The molecule has 4 heteroatoms. The molecule has 0 spiro atoms. The van der Waals surface area contributed by atoms with Gasteiger partial charge >= 0.3 is 0 Å². The van der Waals surface area contributed by atoms with E-state index >= 15 is 0 Å². The molecule has 0 bridgehead atoms. The van der Waals surface area contributed by atoms with Gasteiger partial charge in [-0.25, -0.2) is 0 Å². The normalized spacial score (nSPS) is 17.5. The van der Waals surface area contributed by atoms with Crippen LogP contribution >= 0.6 is 0 Å². The van der Waals surface area contributed by atoms with E-state index < -0.39 is 0 Å². The highest BCUT2D eigenvalue weighted by Gasteiger charge is 2.31. The van der Waals surface area contributed by atoms with E-state index in [0.29, 0.717) is 18.0 Å². The highest BCUT2D eigenvalue weighted by atomic mass is 16.3. The zero-order valence-corrected chi connectivity index (χ0v) is 8.72. The first-order valence-corrected chi connectivity index (χ1v) is 5.14. The van der Waals surface area contributed by atoms with Crippen molar-refractivity contribution in [1.29, 1.82) is 0 Å². The van der Waals surface area contributed by atoms with Gasteiger partial charge in [0.1, 0.15) is 6.26 Å². The molecule has 1 N–H and O–H groups in total. The largest absolute Gasteiger partial charge is 0.472 e. The summed E-state index contributed by atoms with van der Waals surface area (Å²) in [6, 6.07) is 1.63. The maximum atomic E-state index is 11.7. The molecule has 0 radical (unpaired) electrons. The summed E-state index contributed by atoms with van der Waals surface area (Å²) in [4.78, 5) is 13.3. The number of hydrogen-bond donors (Lipinski definition) is 1. The summed E-state index contributed by atoms with van der Waals surface area (Å²) in [7, 11) is 1.70. The molecule has 82 valence electrons. The van der Waals surface area contributed by atoms with Crippen molar-refractivity contribution in [3.63, 3.8) is 0 Å². The Balaban J connectivity index is 1.89. The van der Waals surface area contributed by atoms with Crippen molar-refractivity contribution < 1.29 is 14.3 Å². The molecule has 1 aromatic rings. The van der Waals surface area contributed by atoms with E-state index in [1.165, 1.54) is 17.4 Å². The van der Waals surface area contributed by atoms with E-state index in [0.717, 1.165) is 12.8 Å². The number of aliphatic hydroxyl groups is 1.